The molecule has 1 saturated heterocycles. The Morgan fingerprint density at radius 1 is 1.06 bits per heavy atom. The molecule has 0 N–H and O–H groups in total. The largest absolute Gasteiger partial charge is 0.450 e. The van der Waals surface area contributed by atoms with Crippen molar-refractivity contribution in [1.82, 2.24) is 0 Å². The molecule has 1 aliphatic carbocycles. The average Bonchev–Trinajstić information content (AvgIpc) is 2.98. The molecule has 2 fully saturated rings. The Morgan fingerprint density at radius 3 is 2.30 bits per heavy atom. The van der Waals surface area contributed by atoms with Gasteiger partial charge in [-0.1, -0.05) is 35.9 Å². The van der Waals surface area contributed by atoms with Crippen molar-refractivity contribution in [2.75, 3.05) is 6.61 Å². The molecule has 1 unspecified atom stereocenters. The molecule has 1 heterocycles. The number of aryl methyl sites for hydroxylation is 1. The zero-order chi connectivity index (χ0) is 24.0. The highest BCUT2D eigenvalue weighted by Crippen LogP contribution is 2.46. The molecule has 0 aromatic heterocycles. The standard InChI is InChI=1S/C25H24ClF3O4/c1-14-3-8-19(16-4-6-17(26)7-5-16)15(2)20(14)21-22(30)24(33-23(21)31)11-9-18(10-12-24)32-13-25(27,28)29/h3-8,18,21H,9-13H2,1-2H3. The number of alkyl halides is 3. The fourth-order valence-corrected chi connectivity index (χ4v) is 5.08. The molecule has 4 rings (SSSR count). The minimum absolute atomic E-state index is 0.158. The summed E-state index contributed by atoms with van der Waals surface area (Å²) in [6, 6.07) is 11.1. The molecule has 1 aliphatic heterocycles. The molecule has 33 heavy (non-hydrogen) atoms. The summed E-state index contributed by atoms with van der Waals surface area (Å²) in [5.74, 6) is -1.97. The Labute approximate surface area is 195 Å². The van der Waals surface area contributed by atoms with E-state index >= 15 is 0 Å². The van der Waals surface area contributed by atoms with Crippen molar-refractivity contribution in [3.05, 3.63) is 58.1 Å². The SMILES string of the molecule is Cc1ccc(-c2ccc(Cl)cc2)c(C)c1C1C(=O)OC2(CCC(OCC(F)(F)F)CC2)C1=O. The van der Waals surface area contributed by atoms with Crippen LogP contribution in [0.2, 0.25) is 5.02 Å². The highest BCUT2D eigenvalue weighted by atomic mass is 35.5. The van der Waals surface area contributed by atoms with Gasteiger partial charge in [-0.2, -0.15) is 13.2 Å². The number of benzene rings is 2. The summed E-state index contributed by atoms with van der Waals surface area (Å²) in [5, 5.41) is 0.607. The lowest BCUT2D eigenvalue weighted by Crippen LogP contribution is -2.43. The van der Waals surface area contributed by atoms with Crippen LogP contribution >= 0.6 is 11.6 Å². The number of halogens is 4. The molecule has 1 spiro atoms. The number of carbonyl (C=O) groups excluding carboxylic acids is 2. The normalized spacial score (nSPS) is 25.5. The summed E-state index contributed by atoms with van der Waals surface area (Å²) >= 11 is 6.00. The lowest BCUT2D eigenvalue weighted by Gasteiger charge is -2.34. The van der Waals surface area contributed by atoms with Crippen molar-refractivity contribution in [1.29, 1.82) is 0 Å². The van der Waals surface area contributed by atoms with E-state index in [1.54, 1.807) is 12.1 Å². The zero-order valence-electron chi connectivity index (χ0n) is 18.3. The van der Waals surface area contributed by atoms with Gasteiger partial charge in [0.1, 0.15) is 12.5 Å². The first-order valence-corrected chi connectivity index (χ1v) is 11.2. The quantitative estimate of drug-likeness (QED) is 0.392. The number of hydrogen-bond donors (Lipinski definition) is 0. The first-order chi connectivity index (χ1) is 15.5. The molecule has 1 atom stereocenters. The van der Waals surface area contributed by atoms with Crippen LogP contribution in [0.5, 0.6) is 0 Å². The molecule has 0 amide bonds. The van der Waals surface area contributed by atoms with Crippen LogP contribution in [-0.2, 0) is 19.1 Å². The highest BCUT2D eigenvalue weighted by molar-refractivity contribution is 6.30. The summed E-state index contributed by atoms with van der Waals surface area (Å²) < 4.78 is 48.0. The molecule has 1 saturated carbocycles. The summed E-state index contributed by atoms with van der Waals surface area (Å²) in [4.78, 5) is 26.5. The number of ketones is 1. The van der Waals surface area contributed by atoms with E-state index in [0.29, 0.717) is 10.6 Å². The topological polar surface area (TPSA) is 52.6 Å². The van der Waals surface area contributed by atoms with Gasteiger partial charge in [-0.25, -0.2) is 0 Å². The molecule has 8 heteroatoms. The number of Topliss-reactive ketones (excluding diaryl/α,β-unsaturated/α-hetero) is 1. The minimum atomic E-state index is -4.40. The Morgan fingerprint density at radius 2 is 1.70 bits per heavy atom. The Kier molecular flexibility index (Phi) is 6.31. The summed E-state index contributed by atoms with van der Waals surface area (Å²) in [6.45, 7) is 2.40. The molecule has 2 aliphatic rings. The molecule has 0 bridgehead atoms. The van der Waals surface area contributed by atoms with Gasteiger partial charge in [-0.3, -0.25) is 9.59 Å². The van der Waals surface area contributed by atoms with E-state index in [1.807, 2.05) is 38.1 Å². The highest BCUT2D eigenvalue weighted by Gasteiger charge is 2.57. The third-order valence-electron chi connectivity index (χ3n) is 6.64. The van der Waals surface area contributed by atoms with Crippen molar-refractivity contribution in [3.63, 3.8) is 0 Å². The van der Waals surface area contributed by atoms with Gasteiger partial charge in [0.15, 0.2) is 11.4 Å². The summed E-state index contributed by atoms with van der Waals surface area (Å²) in [5.41, 5.74) is 2.75. The van der Waals surface area contributed by atoms with Crippen molar-refractivity contribution in [2.45, 2.75) is 63.3 Å². The number of ether oxygens (including phenoxy) is 2. The van der Waals surface area contributed by atoms with Crippen LogP contribution in [0.4, 0.5) is 13.2 Å². The third kappa shape index (κ3) is 4.66. The number of carbonyl (C=O) groups is 2. The van der Waals surface area contributed by atoms with E-state index in [9.17, 15) is 22.8 Å². The van der Waals surface area contributed by atoms with E-state index in [4.69, 9.17) is 21.1 Å². The maximum absolute atomic E-state index is 13.5. The fraction of sp³-hybridized carbons (Fsp3) is 0.440. The minimum Gasteiger partial charge on any atom is -0.450 e. The summed E-state index contributed by atoms with van der Waals surface area (Å²) in [6.07, 6.45) is -4.24. The molecule has 2 aromatic rings. The molecule has 176 valence electrons. The van der Waals surface area contributed by atoms with Gasteiger partial charge >= 0.3 is 12.1 Å². The van der Waals surface area contributed by atoms with Gasteiger partial charge in [0.2, 0.25) is 0 Å². The van der Waals surface area contributed by atoms with Gasteiger partial charge in [0.05, 0.1) is 6.10 Å². The Balaban J connectivity index is 1.59. The second-order valence-corrected chi connectivity index (χ2v) is 9.25. The van der Waals surface area contributed by atoms with Crippen LogP contribution < -0.4 is 0 Å². The Hall–Kier alpha value is -2.38. The van der Waals surface area contributed by atoms with Crippen LogP contribution in [0.3, 0.4) is 0 Å². The van der Waals surface area contributed by atoms with Crippen molar-refractivity contribution in [3.8, 4) is 11.1 Å². The predicted octanol–water partition coefficient (Wildman–Crippen LogP) is 6.09. The molecule has 4 nitrogen and oxygen atoms in total. The fourth-order valence-electron chi connectivity index (χ4n) is 4.96. The molecular weight excluding hydrogens is 457 g/mol. The number of hydrogen-bond acceptors (Lipinski definition) is 4. The predicted molar refractivity (Wildman–Crippen MR) is 117 cm³/mol. The van der Waals surface area contributed by atoms with Crippen LogP contribution in [0, 0.1) is 13.8 Å². The number of esters is 1. The average molecular weight is 481 g/mol. The van der Waals surface area contributed by atoms with E-state index in [-0.39, 0.29) is 31.5 Å². The Bertz CT molecular complexity index is 1070. The maximum Gasteiger partial charge on any atom is 0.411 e. The lowest BCUT2D eigenvalue weighted by atomic mass is 9.75. The first-order valence-electron chi connectivity index (χ1n) is 10.8. The van der Waals surface area contributed by atoms with Crippen molar-refractivity contribution < 1.29 is 32.2 Å². The van der Waals surface area contributed by atoms with Gasteiger partial charge in [-0.05, 0) is 79.5 Å². The summed E-state index contributed by atoms with van der Waals surface area (Å²) in [7, 11) is 0. The molecule has 0 radical (unpaired) electrons. The van der Waals surface area contributed by atoms with Crippen LogP contribution in [0.25, 0.3) is 11.1 Å². The molecule has 2 aromatic carbocycles. The smallest absolute Gasteiger partial charge is 0.411 e. The van der Waals surface area contributed by atoms with Gasteiger partial charge in [0.25, 0.3) is 0 Å². The second kappa shape index (κ2) is 8.76. The zero-order valence-corrected chi connectivity index (χ0v) is 19.1. The first kappa shape index (κ1) is 23.8. The van der Waals surface area contributed by atoms with E-state index in [1.165, 1.54) is 0 Å². The third-order valence-corrected chi connectivity index (χ3v) is 6.89. The van der Waals surface area contributed by atoms with Crippen LogP contribution in [-0.4, -0.2) is 36.2 Å². The van der Waals surface area contributed by atoms with Gasteiger partial charge < -0.3 is 9.47 Å². The lowest BCUT2D eigenvalue weighted by molar-refractivity contribution is -0.193. The van der Waals surface area contributed by atoms with Gasteiger partial charge in [-0.15, -0.1) is 0 Å². The van der Waals surface area contributed by atoms with E-state index in [0.717, 1.165) is 22.3 Å². The maximum atomic E-state index is 13.5. The van der Waals surface area contributed by atoms with Crippen LogP contribution in [0.1, 0.15) is 48.3 Å². The van der Waals surface area contributed by atoms with Gasteiger partial charge in [0, 0.05) is 5.02 Å². The molecular formula is C25H24ClF3O4. The van der Waals surface area contributed by atoms with Crippen molar-refractivity contribution >= 4 is 23.4 Å². The van der Waals surface area contributed by atoms with Crippen LogP contribution in [0.15, 0.2) is 36.4 Å². The second-order valence-electron chi connectivity index (χ2n) is 8.81. The van der Waals surface area contributed by atoms with E-state index in [2.05, 4.69) is 0 Å². The van der Waals surface area contributed by atoms with E-state index < -0.39 is 36.4 Å². The number of rotatable bonds is 4. The monoisotopic (exact) mass is 480 g/mol. The van der Waals surface area contributed by atoms with Crippen molar-refractivity contribution in [2.24, 2.45) is 0 Å².